The summed E-state index contributed by atoms with van der Waals surface area (Å²) in [6.45, 7) is 3.39. The Kier molecular flexibility index (Phi) is 10.4. The lowest BCUT2D eigenvalue weighted by Gasteiger charge is -2.20. The maximum absolute atomic E-state index is 11.6. The van der Waals surface area contributed by atoms with E-state index in [1.54, 1.807) is 0 Å². The number of unbranched alkanes of at least 4 members (excludes halogenated alkanes) is 3. The number of hydrogen-bond donors (Lipinski definition) is 5. The van der Waals surface area contributed by atoms with E-state index in [4.69, 9.17) is 14.7 Å². The molecule has 0 aliphatic heterocycles. The van der Waals surface area contributed by atoms with Crippen LogP contribution in [0, 0.1) is 0 Å². The molecule has 0 bridgehead atoms. The Bertz CT molecular complexity index is 599. The molecule has 0 radical (unpaired) electrons. The van der Waals surface area contributed by atoms with Crippen molar-refractivity contribution < 1.29 is 60.2 Å². The lowest BCUT2D eigenvalue weighted by Crippen LogP contribution is -2.07. The van der Waals surface area contributed by atoms with Crippen LogP contribution in [0.3, 0.4) is 0 Å². The highest BCUT2D eigenvalue weighted by atomic mass is 31.3. The summed E-state index contributed by atoms with van der Waals surface area (Å²) in [7, 11) is -22.2. The van der Waals surface area contributed by atoms with Gasteiger partial charge in [0.1, 0.15) is 0 Å². The first kappa shape index (κ1) is 25.6. The molecule has 0 aliphatic carbocycles. The number of hydrogen-bond acceptors (Lipinski definition) is 8. The molecule has 0 aromatic carbocycles. The molecule has 13 nitrogen and oxygen atoms in total. The molecule has 0 saturated heterocycles. The molecular weight excluding hydrogens is 428 g/mol. The largest absolute Gasteiger partial charge is 0.490 e. The van der Waals surface area contributed by atoms with Gasteiger partial charge in [-0.15, -0.1) is 0 Å². The third-order valence-electron chi connectivity index (χ3n) is 2.40. The van der Waals surface area contributed by atoms with E-state index in [0.29, 0.717) is 12.8 Å². The highest BCUT2D eigenvalue weighted by Gasteiger charge is 2.45. The summed E-state index contributed by atoms with van der Waals surface area (Å²) in [5.74, 6) is 0. The van der Waals surface area contributed by atoms with Gasteiger partial charge >= 0.3 is 31.3 Å². The quantitative estimate of drug-likeness (QED) is 0.202. The van der Waals surface area contributed by atoms with Crippen LogP contribution >= 0.6 is 31.3 Å². The molecule has 4 atom stereocenters. The number of rotatable bonds is 13. The average molecular weight is 450 g/mol. The fraction of sp³-hybridized carbons (Fsp3) is 1.00. The predicted molar refractivity (Wildman–Crippen MR) is 84.1 cm³/mol. The lowest BCUT2D eigenvalue weighted by molar-refractivity contribution is 0.128. The second-order valence-corrected chi connectivity index (χ2v) is 10.9. The van der Waals surface area contributed by atoms with Gasteiger partial charge in [0.2, 0.25) is 0 Å². The molecule has 5 N–H and O–H groups in total. The fourth-order valence-electron chi connectivity index (χ4n) is 1.58. The highest BCUT2D eigenvalue weighted by molar-refractivity contribution is 7.69. The van der Waals surface area contributed by atoms with Crippen LogP contribution in [0.1, 0.15) is 46.0 Å². The van der Waals surface area contributed by atoms with Crippen molar-refractivity contribution >= 4 is 31.3 Å². The van der Waals surface area contributed by atoms with E-state index in [9.17, 15) is 28.0 Å². The minimum absolute atomic E-state index is 0.338. The summed E-state index contributed by atoms with van der Waals surface area (Å²) in [5.41, 5.74) is 0. The van der Waals surface area contributed by atoms with Crippen LogP contribution in [0.2, 0.25) is 0 Å². The Morgan fingerprint density at radius 1 is 0.760 bits per heavy atom. The molecule has 0 heterocycles. The maximum atomic E-state index is 11.6. The van der Waals surface area contributed by atoms with Gasteiger partial charge in [-0.25, -0.2) is 18.3 Å². The number of phosphoric ester groups is 1. The van der Waals surface area contributed by atoms with Crippen molar-refractivity contribution in [1.82, 2.24) is 0 Å². The van der Waals surface area contributed by atoms with Gasteiger partial charge in [-0.05, 0) is 13.3 Å². The van der Waals surface area contributed by atoms with Gasteiger partial charge in [0.05, 0.1) is 6.10 Å². The van der Waals surface area contributed by atoms with Crippen LogP contribution in [-0.4, -0.2) is 30.6 Å². The van der Waals surface area contributed by atoms with E-state index < -0.39 is 37.4 Å². The first-order chi connectivity index (χ1) is 11.1. The Balaban J connectivity index is 4.69. The smallest absolute Gasteiger partial charge is 0.302 e. The Morgan fingerprint density at radius 3 is 1.72 bits per heavy atom. The van der Waals surface area contributed by atoms with Gasteiger partial charge in [0, 0.05) is 0 Å². The molecule has 17 heteroatoms. The van der Waals surface area contributed by atoms with Gasteiger partial charge in [0.15, 0.2) is 0 Å². The van der Waals surface area contributed by atoms with Gasteiger partial charge in [-0.2, -0.15) is 12.9 Å². The summed E-state index contributed by atoms with van der Waals surface area (Å²) < 4.78 is 59.8. The molecule has 0 aromatic heterocycles. The summed E-state index contributed by atoms with van der Waals surface area (Å²) >= 11 is 0. The van der Waals surface area contributed by atoms with Crippen molar-refractivity contribution in [3.05, 3.63) is 0 Å². The minimum atomic E-state index is -5.77. The van der Waals surface area contributed by atoms with Crippen LogP contribution in [0.4, 0.5) is 0 Å². The zero-order valence-corrected chi connectivity index (χ0v) is 17.0. The van der Waals surface area contributed by atoms with Crippen molar-refractivity contribution in [3.8, 4) is 0 Å². The van der Waals surface area contributed by atoms with E-state index in [1.165, 1.54) is 6.92 Å². The lowest BCUT2D eigenvalue weighted by atomic mass is 10.1. The molecule has 0 amide bonds. The van der Waals surface area contributed by atoms with Crippen LogP contribution in [0.15, 0.2) is 0 Å². The normalized spacial score (nSPS) is 21.1. The zero-order valence-electron chi connectivity index (χ0n) is 13.4. The topological polar surface area (TPSA) is 206 Å². The maximum Gasteiger partial charge on any atom is 0.490 e. The molecular formula is C8H22O13P4. The molecule has 25 heavy (non-hydrogen) atoms. The standard InChI is InChI=1S/C8H22O13P4/c1-3-4-5-6-7-8(2)18-23(12,13)20-25(16,17)21-24(14,15)19-22(9,10)11/h8H,3-7H2,1-2H3,(H,12,13)(H,14,15)(H,16,17)(H2,9,10,11). The Labute approximate surface area is 144 Å². The Morgan fingerprint density at radius 2 is 1.24 bits per heavy atom. The van der Waals surface area contributed by atoms with Gasteiger partial charge in [0.25, 0.3) is 0 Å². The summed E-state index contributed by atoms with van der Waals surface area (Å²) in [6.07, 6.45) is 2.91. The zero-order chi connectivity index (χ0) is 19.9. The fourth-order valence-corrected chi connectivity index (χ4v) is 6.23. The van der Waals surface area contributed by atoms with Gasteiger partial charge in [-0.3, -0.25) is 4.52 Å². The monoisotopic (exact) mass is 450 g/mol. The van der Waals surface area contributed by atoms with Gasteiger partial charge < -0.3 is 24.5 Å². The first-order valence-electron chi connectivity index (χ1n) is 6.94. The minimum Gasteiger partial charge on any atom is -0.302 e. The van der Waals surface area contributed by atoms with E-state index >= 15 is 0 Å². The third-order valence-corrected chi connectivity index (χ3v) is 8.00. The SMILES string of the molecule is CCCCCCC(C)OP(=O)(O)OP(=O)(O)OP(=O)(O)OP(=O)(O)O. The molecule has 0 aliphatic rings. The molecule has 4 unspecified atom stereocenters. The van der Waals surface area contributed by atoms with E-state index in [-0.39, 0.29) is 0 Å². The molecule has 152 valence electrons. The van der Waals surface area contributed by atoms with Crippen molar-refractivity contribution in [2.75, 3.05) is 0 Å². The predicted octanol–water partition coefficient (Wildman–Crippen LogP) is 2.81. The second kappa shape index (κ2) is 10.2. The molecule has 0 rings (SSSR count). The first-order valence-corrected chi connectivity index (χ1v) is 13.0. The number of phosphoric acid groups is 4. The van der Waals surface area contributed by atoms with Crippen molar-refractivity contribution in [2.45, 2.75) is 52.1 Å². The Hall–Kier alpha value is 0.560. The van der Waals surface area contributed by atoms with Crippen LogP contribution in [0.25, 0.3) is 0 Å². The molecule has 0 aromatic rings. The van der Waals surface area contributed by atoms with Gasteiger partial charge in [-0.1, -0.05) is 32.6 Å². The molecule has 0 saturated carbocycles. The highest BCUT2D eigenvalue weighted by Crippen LogP contribution is 2.70. The van der Waals surface area contributed by atoms with Crippen LogP contribution in [-0.2, 0) is 35.7 Å². The second-order valence-electron chi connectivity index (χ2n) is 4.91. The molecule has 0 fully saturated rings. The van der Waals surface area contributed by atoms with E-state index in [2.05, 4.69) is 17.5 Å². The van der Waals surface area contributed by atoms with Crippen molar-refractivity contribution in [3.63, 3.8) is 0 Å². The summed E-state index contributed by atoms with van der Waals surface area (Å²) in [5, 5.41) is 0. The van der Waals surface area contributed by atoms with Crippen molar-refractivity contribution in [2.24, 2.45) is 0 Å². The van der Waals surface area contributed by atoms with E-state index in [0.717, 1.165) is 19.3 Å². The summed E-state index contributed by atoms with van der Waals surface area (Å²) in [4.78, 5) is 44.2. The average Bonchev–Trinajstić information content (AvgIpc) is 2.27. The van der Waals surface area contributed by atoms with E-state index in [1.807, 2.05) is 6.92 Å². The van der Waals surface area contributed by atoms with Crippen LogP contribution < -0.4 is 0 Å². The van der Waals surface area contributed by atoms with Crippen molar-refractivity contribution in [1.29, 1.82) is 0 Å². The van der Waals surface area contributed by atoms with Crippen LogP contribution in [0.5, 0.6) is 0 Å². The third kappa shape index (κ3) is 14.3. The molecule has 0 spiro atoms. The summed E-state index contributed by atoms with van der Waals surface area (Å²) in [6, 6.07) is 0.